The highest BCUT2D eigenvalue weighted by atomic mass is 79.9. The highest BCUT2D eigenvalue weighted by Gasteiger charge is 2.33. The molecule has 1 unspecified atom stereocenters. The number of hydrogen-bond acceptors (Lipinski definition) is 3. The lowest BCUT2D eigenvalue weighted by atomic mass is 10.00. The van der Waals surface area contributed by atoms with Crippen molar-refractivity contribution in [2.45, 2.75) is 44.7 Å². The zero-order valence-corrected chi connectivity index (χ0v) is 15.2. The molecule has 1 aromatic carbocycles. The molecule has 2 aromatic rings. The Morgan fingerprint density at radius 2 is 2.12 bits per heavy atom. The highest BCUT2D eigenvalue weighted by Crippen LogP contribution is 2.34. The molecule has 1 aliphatic heterocycles. The van der Waals surface area contributed by atoms with Crippen molar-refractivity contribution in [3.63, 3.8) is 0 Å². The summed E-state index contributed by atoms with van der Waals surface area (Å²) in [5.74, 6) is 1.80. The van der Waals surface area contributed by atoms with Gasteiger partial charge in [0.15, 0.2) is 5.82 Å². The van der Waals surface area contributed by atoms with Crippen molar-refractivity contribution < 1.29 is 4.79 Å². The van der Waals surface area contributed by atoms with Crippen LogP contribution in [0.2, 0.25) is 0 Å². The van der Waals surface area contributed by atoms with Crippen molar-refractivity contribution in [1.82, 2.24) is 19.7 Å². The molecule has 24 heavy (non-hydrogen) atoms. The minimum atomic E-state index is 0.0338. The standard InChI is InChI=1S/C18H21BrN4O/c19-15-5-3-4-14(10-15)18(24)23-9-2-1-6-16(23)17-21-20-12-22(17)11-13-7-8-13/h3-5,10,12-13,16H,1-2,6-9,11H2. The number of halogens is 1. The summed E-state index contributed by atoms with van der Waals surface area (Å²) >= 11 is 3.46. The minimum absolute atomic E-state index is 0.0338. The molecule has 2 heterocycles. The lowest BCUT2D eigenvalue weighted by Crippen LogP contribution is -2.39. The van der Waals surface area contributed by atoms with Gasteiger partial charge in [-0.05, 0) is 56.2 Å². The second-order valence-corrected chi connectivity index (χ2v) is 7.72. The topological polar surface area (TPSA) is 51.0 Å². The van der Waals surface area contributed by atoms with E-state index >= 15 is 0 Å². The summed E-state index contributed by atoms with van der Waals surface area (Å²) in [5, 5.41) is 8.50. The number of piperidine rings is 1. The first-order valence-corrected chi connectivity index (χ1v) is 9.46. The Balaban J connectivity index is 1.61. The Kier molecular flexibility index (Phi) is 4.39. The van der Waals surface area contributed by atoms with Crippen LogP contribution in [0.1, 0.15) is 54.3 Å². The number of rotatable bonds is 4. The average Bonchev–Trinajstić information content (AvgIpc) is 3.30. The van der Waals surface area contributed by atoms with Crippen molar-refractivity contribution in [3.05, 3.63) is 46.5 Å². The molecule has 5 nitrogen and oxygen atoms in total. The molecule has 0 bridgehead atoms. The number of aromatic nitrogens is 3. The van der Waals surface area contributed by atoms with Crippen LogP contribution in [0, 0.1) is 5.92 Å². The van der Waals surface area contributed by atoms with Gasteiger partial charge in [0.25, 0.3) is 5.91 Å². The van der Waals surface area contributed by atoms with Crippen LogP contribution in [0.3, 0.4) is 0 Å². The second-order valence-electron chi connectivity index (χ2n) is 6.81. The first-order chi connectivity index (χ1) is 11.7. The molecular formula is C18H21BrN4O. The molecule has 1 aliphatic carbocycles. The van der Waals surface area contributed by atoms with Crippen molar-refractivity contribution in [2.75, 3.05) is 6.54 Å². The minimum Gasteiger partial charge on any atom is -0.328 e. The van der Waals surface area contributed by atoms with E-state index in [2.05, 4.69) is 30.7 Å². The predicted molar refractivity (Wildman–Crippen MR) is 94.5 cm³/mol. The zero-order valence-electron chi connectivity index (χ0n) is 13.6. The van der Waals surface area contributed by atoms with Gasteiger partial charge in [-0.2, -0.15) is 0 Å². The van der Waals surface area contributed by atoms with Crippen LogP contribution in [-0.2, 0) is 6.54 Å². The number of carbonyl (C=O) groups is 1. The normalized spacial score (nSPS) is 21.0. The lowest BCUT2D eigenvalue weighted by Gasteiger charge is -2.35. The van der Waals surface area contributed by atoms with Gasteiger partial charge in [-0.3, -0.25) is 4.79 Å². The van der Waals surface area contributed by atoms with Crippen LogP contribution in [-0.4, -0.2) is 32.1 Å². The monoisotopic (exact) mass is 388 g/mol. The Morgan fingerprint density at radius 1 is 1.25 bits per heavy atom. The molecule has 0 spiro atoms. The number of carbonyl (C=O) groups excluding carboxylic acids is 1. The molecule has 2 fully saturated rings. The van der Waals surface area contributed by atoms with E-state index < -0.39 is 0 Å². The maximum atomic E-state index is 13.1. The highest BCUT2D eigenvalue weighted by molar-refractivity contribution is 9.10. The van der Waals surface area contributed by atoms with Gasteiger partial charge >= 0.3 is 0 Å². The molecule has 1 amide bonds. The van der Waals surface area contributed by atoms with E-state index in [4.69, 9.17) is 0 Å². The first-order valence-electron chi connectivity index (χ1n) is 8.66. The Morgan fingerprint density at radius 3 is 2.92 bits per heavy atom. The number of hydrogen-bond donors (Lipinski definition) is 0. The van der Waals surface area contributed by atoms with Gasteiger partial charge in [0.2, 0.25) is 0 Å². The summed E-state index contributed by atoms with van der Waals surface area (Å²) in [4.78, 5) is 15.0. The fourth-order valence-corrected chi connectivity index (χ4v) is 3.87. The number of amides is 1. The number of benzene rings is 1. The summed E-state index contributed by atoms with van der Waals surface area (Å²) in [6.07, 6.45) is 7.55. The Labute approximate surface area is 150 Å². The van der Waals surface area contributed by atoms with E-state index in [1.54, 1.807) is 0 Å². The van der Waals surface area contributed by atoms with E-state index in [1.165, 1.54) is 12.8 Å². The molecular weight excluding hydrogens is 368 g/mol. The summed E-state index contributed by atoms with van der Waals surface area (Å²) < 4.78 is 3.09. The molecule has 1 atom stereocenters. The van der Waals surface area contributed by atoms with Crippen LogP contribution in [0.5, 0.6) is 0 Å². The molecule has 1 saturated heterocycles. The average molecular weight is 389 g/mol. The molecule has 0 N–H and O–H groups in total. The van der Waals surface area contributed by atoms with E-state index in [9.17, 15) is 4.79 Å². The van der Waals surface area contributed by atoms with E-state index in [1.807, 2.05) is 35.5 Å². The summed E-state index contributed by atoms with van der Waals surface area (Å²) in [5.41, 5.74) is 0.726. The van der Waals surface area contributed by atoms with Gasteiger partial charge in [-0.25, -0.2) is 0 Å². The van der Waals surface area contributed by atoms with Crippen LogP contribution >= 0.6 is 15.9 Å². The third-order valence-electron chi connectivity index (χ3n) is 4.93. The Hall–Kier alpha value is -1.69. The summed E-state index contributed by atoms with van der Waals surface area (Å²) in [7, 11) is 0. The van der Waals surface area contributed by atoms with Crippen LogP contribution in [0.15, 0.2) is 35.1 Å². The maximum Gasteiger partial charge on any atom is 0.254 e. The summed E-state index contributed by atoms with van der Waals surface area (Å²) in [6, 6.07) is 7.66. The fraction of sp³-hybridized carbons (Fsp3) is 0.500. The third-order valence-corrected chi connectivity index (χ3v) is 5.42. The van der Waals surface area contributed by atoms with Gasteiger partial charge in [0.1, 0.15) is 6.33 Å². The smallest absolute Gasteiger partial charge is 0.254 e. The van der Waals surface area contributed by atoms with Crippen molar-refractivity contribution in [2.24, 2.45) is 5.92 Å². The fourth-order valence-electron chi connectivity index (χ4n) is 3.47. The van der Waals surface area contributed by atoms with Crippen LogP contribution < -0.4 is 0 Å². The molecule has 1 aromatic heterocycles. The second kappa shape index (κ2) is 6.67. The van der Waals surface area contributed by atoms with E-state index in [-0.39, 0.29) is 11.9 Å². The maximum absolute atomic E-state index is 13.1. The number of likely N-dealkylation sites (tertiary alicyclic amines) is 1. The SMILES string of the molecule is O=C(c1cccc(Br)c1)N1CCCCC1c1nncn1CC1CC1. The van der Waals surface area contributed by atoms with Crippen molar-refractivity contribution in [3.8, 4) is 0 Å². The van der Waals surface area contributed by atoms with Gasteiger partial charge in [0, 0.05) is 23.1 Å². The van der Waals surface area contributed by atoms with Crippen LogP contribution in [0.25, 0.3) is 0 Å². The van der Waals surface area contributed by atoms with Gasteiger partial charge in [-0.1, -0.05) is 22.0 Å². The summed E-state index contributed by atoms with van der Waals surface area (Å²) in [6.45, 7) is 1.77. The van der Waals surface area contributed by atoms with E-state index in [0.29, 0.717) is 0 Å². The zero-order chi connectivity index (χ0) is 16.5. The quantitative estimate of drug-likeness (QED) is 0.799. The molecule has 0 radical (unpaired) electrons. The van der Waals surface area contributed by atoms with Gasteiger partial charge < -0.3 is 9.47 Å². The predicted octanol–water partition coefficient (Wildman–Crippen LogP) is 3.82. The van der Waals surface area contributed by atoms with Gasteiger partial charge in [0.05, 0.1) is 6.04 Å². The molecule has 1 saturated carbocycles. The van der Waals surface area contributed by atoms with Crippen molar-refractivity contribution >= 4 is 21.8 Å². The largest absolute Gasteiger partial charge is 0.328 e. The van der Waals surface area contributed by atoms with Crippen molar-refractivity contribution in [1.29, 1.82) is 0 Å². The van der Waals surface area contributed by atoms with E-state index in [0.717, 1.165) is 54.1 Å². The number of nitrogens with zero attached hydrogens (tertiary/aromatic N) is 4. The molecule has 126 valence electrons. The Bertz CT molecular complexity index is 740. The molecule has 4 rings (SSSR count). The lowest BCUT2D eigenvalue weighted by molar-refractivity contribution is 0.0594. The molecule has 2 aliphatic rings. The third kappa shape index (κ3) is 3.24. The first kappa shape index (κ1) is 15.8. The van der Waals surface area contributed by atoms with Crippen LogP contribution in [0.4, 0.5) is 0 Å². The molecule has 6 heteroatoms. The van der Waals surface area contributed by atoms with Gasteiger partial charge in [-0.15, -0.1) is 10.2 Å².